The molecule has 1 aliphatic heterocycles. The minimum atomic E-state index is -1.83. The van der Waals surface area contributed by atoms with Crippen LogP contribution in [-0.4, -0.2) is 38.7 Å². The molecule has 0 amide bonds. The maximum atomic E-state index is 10.9. The first kappa shape index (κ1) is 14.7. The molecule has 1 heterocycles. The highest BCUT2D eigenvalue weighted by Gasteiger charge is 2.40. The van der Waals surface area contributed by atoms with E-state index >= 15 is 0 Å². The summed E-state index contributed by atoms with van der Waals surface area (Å²) in [6.07, 6.45) is 0.507. The summed E-state index contributed by atoms with van der Waals surface area (Å²) in [4.78, 5) is 10.9. The van der Waals surface area contributed by atoms with Crippen molar-refractivity contribution in [3.05, 3.63) is 0 Å². The third kappa shape index (κ3) is 3.79. The van der Waals surface area contributed by atoms with Gasteiger partial charge in [-0.2, -0.15) is 0 Å². The molecule has 2 atom stereocenters. The van der Waals surface area contributed by atoms with E-state index in [4.69, 9.17) is 14.3 Å². The van der Waals surface area contributed by atoms with E-state index in [2.05, 4.69) is 33.9 Å². The van der Waals surface area contributed by atoms with Gasteiger partial charge in [-0.25, -0.2) is 0 Å². The summed E-state index contributed by atoms with van der Waals surface area (Å²) in [5.74, 6) is -1.20. The molecule has 1 aliphatic rings. The van der Waals surface area contributed by atoms with Gasteiger partial charge < -0.3 is 14.3 Å². The van der Waals surface area contributed by atoms with E-state index in [1.165, 1.54) is 0 Å². The second kappa shape index (κ2) is 5.08. The van der Waals surface area contributed by atoms with Crippen molar-refractivity contribution in [2.45, 2.75) is 51.4 Å². The molecule has 4 nitrogen and oxygen atoms in total. The molecule has 0 radical (unpaired) electrons. The summed E-state index contributed by atoms with van der Waals surface area (Å²) >= 11 is 0. The predicted molar refractivity (Wildman–Crippen MR) is 68.6 cm³/mol. The van der Waals surface area contributed by atoms with Crippen molar-refractivity contribution in [3.8, 4) is 0 Å². The van der Waals surface area contributed by atoms with Crippen molar-refractivity contribution in [1.29, 1.82) is 0 Å². The van der Waals surface area contributed by atoms with Gasteiger partial charge >= 0.3 is 5.97 Å². The molecule has 0 aromatic heterocycles. The van der Waals surface area contributed by atoms with Crippen molar-refractivity contribution in [1.82, 2.24) is 0 Å². The third-order valence-electron chi connectivity index (χ3n) is 3.79. The molecule has 17 heavy (non-hydrogen) atoms. The molecular weight excluding hydrogens is 236 g/mol. The first-order chi connectivity index (χ1) is 7.63. The minimum absolute atomic E-state index is 0.0641. The Hall–Kier alpha value is -0.393. The Labute approximate surface area is 104 Å². The Morgan fingerprint density at radius 2 is 1.94 bits per heavy atom. The molecule has 0 saturated carbocycles. The monoisotopic (exact) mass is 260 g/mol. The Morgan fingerprint density at radius 3 is 2.41 bits per heavy atom. The largest absolute Gasteiger partial charge is 0.481 e. The first-order valence-corrected chi connectivity index (χ1v) is 9.02. The van der Waals surface area contributed by atoms with Crippen molar-refractivity contribution in [3.63, 3.8) is 0 Å². The molecule has 0 spiro atoms. The second-order valence-electron chi connectivity index (χ2n) is 6.31. The molecule has 0 aromatic carbocycles. The Bertz CT molecular complexity index is 283. The van der Waals surface area contributed by atoms with Crippen LogP contribution in [0.2, 0.25) is 18.1 Å². The average Bonchev–Trinajstić information content (AvgIpc) is 2.15. The Kier molecular flexibility index (Phi) is 4.38. The van der Waals surface area contributed by atoms with E-state index in [9.17, 15) is 4.79 Å². The molecule has 1 N–H and O–H groups in total. The van der Waals surface area contributed by atoms with Crippen molar-refractivity contribution in [2.24, 2.45) is 5.92 Å². The van der Waals surface area contributed by atoms with Crippen LogP contribution < -0.4 is 0 Å². The summed E-state index contributed by atoms with van der Waals surface area (Å²) in [6.45, 7) is 11.7. The van der Waals surface area contributed by atoms with Gasteiger partial charge in [-0.15, -0.1) is 0 Å². The van der Waals surface area contributed by atoms with Crippen LogP contribution in [-0.2, 0) is 14.0 Å². The highest BCUT2D eigenvalue weighted by Crippen LogP contribution is 2.38. The van der Waals surface area contributed by atoms with Gasteiger partial charge in [-0.3, -0.25) is 4.79 Å². The number of carboxylic acids is 1. The number of rotatable bonds is 3. The zero-order chi connectivity index (χ0) is 13.3. The fraction of sp³-hybridized carbons (Fsp3) is 0.917. The predicted octanol–water partition coefficient (Wildman–Crippen LogP) is 2.50. The number of ether oxygens (including phenoxy) is 1. The van der Waals surface area contributed by atoms with Crippen LogP contribution in [0.1, 0.15) is 27.2 Å². The normalized spacial score (nSPS) is 26.9. The maximum absolute atomic E-state index is 10.9. The van der Waals surface area contributed by atoms with Gasteiger partial charge in [-0.1, -0.05) is 20.8 Å². The van der Waals surface area contributed by atoms with Crippen LogP contribution in [0.5, 0.6) is 0 Å². The molecule has 1 saturated heterocycles. The van der Waals surface area contributed by atoms with Crippen LogP contribution in [0, 0.1) is 5.92 Å². The first-order valence-electron chi connectivity index (χ1n) is 6.12. The van der Waals surface area contributed by atoms with E-state index in [1.54, 1.807) is 0 Å². The third-order valence-corrected chi connectivity index (χ3v) is 8.32. The second-order valence-corrected chi connectivity index (χ2v) is 11.1. The van der Waals surface area contributed by atoms with E-state index in [0.717, 1.165) is 0 Å². The lowest BCUT2D eigenvalue weighted by Gasteiger charge is -2.41. The molecule has 1 fully saturated rings. The summed E-state index contributed by atoms with van der Waals surface area (Å²) in [6, 6.07) is 0. The number of hydrogen-bond acceptors (Lipinski definition) is 3. The van der Waals surface area contributed by atoms with Gasteiger partial charge in [0.2, 0.25) is 0 Å². The number of carboxylic acid groups (broad SMARTS) is 1. The number of carbonyl (C=O) groups is 1. The Morgan fingerprint density at radius 1 is 1.35 bits per heavy atom. The van der Waals surface area contributed by atoms with Gasteiger partial charge in [0.15, 0.2) is 8.32 Å². The summed E-state index contributed by atoms with van der Waals surface area (Å²) in [5, 5.41) is 9.13. The van der Waals surface area contributed by atoms with Gasteiger partial charge in [0.25, 0.3) is 0 Å². The smallest absolute Gasteiger partial charge is 0.308 e. The quantitative estimate of drug-likeness (QED) is 0.792. The lowest BCUT2D eigenvalue weighted by atomic mass is 10.0. The van der Waals surface area contributed by atoms with E-state index in [0.29, 0.717) is 19.6 Å². The highest BCUT2D eigenvalue weighted by atomic mass is 28.4. The molecule has 1 rings (SSSR count). The highest BCUT2D eigenvalue weighted by molar-refractivity contribution is 6.74. The summed E-state index contributed by atoms with van der Waals surface area (Å²) in [7, 11) is -1.83. The van der Waals surface area contributed by atoms with Crippen LogP contribution in [0.4, 0.5) is 0 Å². The SMILES string of the molecule is CC(C)(C)[Si](C)(C)O[C@H]1COC[C@H](C(=O)O)C1. The van der Waals surface area contributed by atoms with Crippen molar-refractivity contribution < 1.29 is 19.1 Å². The fourth-order valence-electron chi connectivity index (χ4n) is 1.64. The van der Waals surface area contributed by atoms with Crippen LogP contribution >= 0.6 is 0 Å². The van der Waals surface area contributed by atoms with E-state index in [-0.39, 0.29) is 11.1 Å². The molecule has 0 bridgehead atoms. The lowest BCUT2D eigenvalue weighted by Crippen LogP contribution is -2.47. The van der Waals surface area contributed by atoms with Crippen LogP contribution in [0.15, 0.2) is 0 Å². The van der Waals surface area contributed by atoms with Gasteiger partial charge in [0, 0.05) is 0 Å². The zero-order valence-electron chi connectivity index (χ0n) is 11.4. The van der Waals surface area contributed by atoms with E-state index in [1.807, 2.05) is 0 Å². The average molecular weight is 260 g/mol. The number of hydrogen-bond donors (Lipinski definition) is 1. The fourth-order valence-corrected chi connectivity index (χ4v) is 2.99. The van der Waals surface area contributed by atoms with E-state index < -0.39 is 20.2 Å². The molecular formula is C12H24O4Si. The minimum Gasteiger partial charge on any atom is -0.481 e. The molecule has 0 aromatic rings. The van der Waals surface area contributed by atoms with Crippen LogP contribution in [0.25, 0.3) is 0 Å². The van der Waals surface area contributed by atoms with Gasteiger partial charge in [0.05, 0.1) is 25.2 Å². The molecule has 0 unspecified atom stereocenters. The molecule has 100 valence electrons. The van der Waals surface area contributed by atoms with Gasteiger partial charge in [0.1, 0.15) is 0 Å². The summed E-state index contributed by atoms with van der Waals surface area (Å²) in [5.41, 5.74) is 0. The van der Waals surface area contributed by atoms with Crippen LogP contribution in [0.3, 0.4) is 0 Å². The lowest BCUT2D eigenvalue weighted by molar-refractivity contribution is -0.149. The summed E-state index contributed by atoms with van der Waals surface area (Å²) < 4.78 is 11.5. The molecule has 5 heteroatoms. The standard InChI is InChI=1S/C12H24O4Si/c1-12(2,3)17(4,5)16-10-6-9(11(13)14)7-15-8-10/h9-10H,6-8H2,1-5H3,(H,13,14)/t9-,10-/m1/s1. The zero-order valence-corrected chi connectivity index (χ0v) is 12.4. The van der Waals surface area contributed by atoms with Gasteiger partial charge in [-0.05, 0) is 24.6 Å². The number of aliphatic carboxylic acids is 1. The maximum Gasteiger partial charge on any atom is 0.308 e. The molecule has 0 aliphatic carbocycles. The Balaban J connectivity index is 2.60. The topological polar surface area (TPSA) is 55.8 Å². The van der Waals surface area contributed by atoms with Crippen molar-refractivity contribution >= 4 is 14.3 Å². The van der Waals surface area contributed by atoms with Crippen molar-refractivity contribution in [2.75, 3.05) is 13.2 Å².